The molecule has 2 amide bonds. The number of hydrogen-bond donors (Lipinski definition) is 1. The summed E-state index contributed by atoms with van der Waals surface area (Å²) in [7, 11) is 0. The zero-order valence-corrected chi connectivity index (χ0v) is 18.9. The second-order valence-electron chi connectivity index (χ2n) is 8.26. The molecule has 2 aromatic carbocycles. The van der Waals surface area contributed by atoms with Gasteiger partial charge in [0.05, 0.1) is 11.0 Å². The molecule has 1 N–H and O–H groups in total. The van der Waals surface area contributed by atoms with Gasteiger partial charge in [-0.1, -0.05) is 54.6 Å². The molecule has 160 valence electrons. The van der Waals surface area contributed by atoms with Gasteiger partial charge in [0, 0.05) is 29.9 Å². The van der Waals surface area contributed by atoms with Crippen LogP contribution in [0, 0.1) is 12.3 Å². The Balaban J connectivity index is 1.65. The van der Waals surface area contributed by atoms with Crippen LogP contribution >= 0.6 is 11.3 Å². The summed E-state index contributed by atoms with van der Waals surface area (Å²) in [6.07, 6.45) is 1.27. The molecule has 1 atom stereocenters. The number of aryl methyl sites for hydroxylation is 1. The number of thiophene rings is 1. The van der Waals surface area contributed by atoms with Crippen LogP contribution in [0.1, 0.15) is 34.1 Å². The highest BCUT2D eigenvalue weighted by molar-refractivity contribution is 7.10. The molecule has 0 aliphatic carbocycles. The van der Waals surface area contributed by atoms with E-state index >= 15 is 0 Å². The van der Waals surface area contributed by atoms with Crippen LogP contribution in [0.5, 0.6) is 0 Å². The number of nitrogens with one attached hydrogen (secondary N) is 1. The van der Waals surface area contributed by atoms with Gasteiger partial charge in [0.15, 0.2) is 0 Å². The number of carbonyl (C=O) groups is 2. The minimum absolute atomic E-state index is 0.0202. The Labute approximate surface area is 187 Å². The quantitative estimate of drug-likeness (QED) is 0.600. The van der Waals surface area contributed by atoms with Crippen molar-refractivity contribution in [1.29, 1.82) is 0 Å². The summed E-state index contributed by atoms with van der Waals surface area (Å²) in [6.45, 7) is 5.56. The SMILES string of the molecule is CCNC(=O)[C@@]1(Cc2ccccc2-c2ccccc2)CCN(C(=O)c2csc(C)c2)C1. The average Bonchev–Trinajstić information content (AvgIpc) is 3.42. The van der Waals surface area contributed by atoms with Gasteiger partial charge in [0.2, 0.25) is 5.91 Å². The second-order valence-corrected chi connectivity index (χ2v) is 9.38. The summed E-state index contributed by atoms with van der Waals surface area (Å²) in [5, 5.41) is 4.95. The maximum atomic E-state index is 13.3. The van der Waals surface area contributed by atoms with Crippen molar-refractivity contribution in [3.63, 3.8) is 0 Å². The number of carbonyl (C=O) groups excluding carboxylic acids is 2. The van der Waals surface area contributed by atoms with E-state index in [9.17, 15) is 9.59 Å². The van der Waals surface area contributed by atoms with E-state index in [0.29, 0.717) is 32.5 Å². The van der Waals surface area contributed by atoms with E-state index in [-0.39, 0.29) is 11.8 Å². The second kappa shape index (κ2) is 9.06. The van der Waals surface area contributed by atoms with Gasteiger partial charge in [-0.25, -0.2) is 0 Å². The highest BCUT2D eigenvalue weighted by atomic mass is 32.1. The van der Waals surface area contributed by atoms with Crippen LogP contribution in [0.4, 0.5) is 0 Å². The monoisotopic (exact) mass is 432 g/mol. The van der Waals surface area contributed by atoms with Gasteiger partial charge in [-0.05, 0) is 49.4 Å². The van der Waals surface area contributed by atoms with Gasteiger partial charge < -0.3 is 10.2 Å². The Kier molecular flexibility index (Phi) is 6.23. The van der Waals surface area contributed by atoms with Crippen molar-refractivity contribution in [2.75, 3.05) is 19.6 Å². The van der Waals surface area contributed by atoms with Crippen molar-refractivity contribution in [2.45, 2.75) is 26.7 Å². The topological polar surface area (TPSA) is 49.4 Å². The van der Waals surface area contributed by atoms with E-state index in [0.717, 1.165) is 27.1 Å². The zero-order chi connectivity index (χ0) is 21.8. The first kappa shape index (κ1) is 21.3. The van der Waals surface area contributed by atoms with Gasteiger partial charge in [0.25, 0.3) is 5.91 Å². The Morgan fingerprint density at radius 3 is 2.55 bits per heavy atom. The first-order valence-corrected chi connectivity index (χ1v) is 11.7. The lowest BCUT2D eigenvalue weighted by Gasteiger charge is -2.29. The van der Waals surface area contributed by atoms with Crippen molar-refractivity contribution >= 4 is 23.2 Å². The number of hydrogen-bond acceptors (Lipinski definition) is 3. The van der Waals surface area contributed by atoms with Crippen molar-refractivity contribution in [2.24, 2.45) is 5.41 Å². The van der Waals surface area contributed by atoms with E-state index in [1.54, 1.807) is 11.3 Å². The molecule has 0 radical (unpaired) electrons. The maximum absolute atomic E-state index is 13.3. The predicted molar refractivity (Wildman–Crippen MR) is 126 cm³/mol. The number of rotatable bonds is 6. The molecular formula is C26H28N2O2S. The number of benzene rings is 2. The molecule has 5 heteroatoms. The van der Waals surface area contributed by atoms with Gasteiger partial charge in [-0.2, -0.15) is 0 Å². The lowest BCUT2D eigenvalue weighted by Crippen LogP contribution is -2.45. The van der Waals surface area contributed by atoms with Crippen molar-refractivity contribution in [1.82, 2.24) is 10.2 Å². The summed E-state index contributed by atoms with van der Waals surface area (Å²) in [4.78, 5) is 29.3. The van der Waals surface area contributed by atoms with Crippen LogP contribution in [0.2, 0.25) is 0 Å². The molecule has 0 bridgehead atoms. The molecule has 4 rings (SSSR count). The number of likely N-dealkylation sites (tertiary alicyclic amines) is 1. The van der Waals surface area contributed by atoms with Gasteiger partial charge in [0.1, 0.15) is 0 Å². The molecule has 1 fully saturated rings. The largest absolute Gasteiger partial charge is 0.356 e. The fraction of sp³-hybridized carbons (Fsp3) is 0.308. The lowest BCUT2D eigenvalue weighted by atomic mass is 9.78. The summed E-state index contributed by atoms with van der Waals surface area (Å²) < 4.78 is 0. The Hall–Kier alpha value is -2.92. The van der Waals surface area contributed by atoms with Crippen LogP contribution in [0.3, 0.4) is 0 Å². The first-order valence-electron chi connectivity index (χ1n) is 10.8. The third-order valence-corrected chi connectivity index (χ3v) is 6.93. The van der Waals surface area contributed by atoms with Crippen LogP contribution in [0.15, 0.2) is 66.0 Å². The van der Waals surface area contributed by atoms with E-state index in [1.165, 1.54) is 0 Å². The third-order valence-electron chi connectivity index (χ3n) is 6.07. The molecule has 1 saturated heterocycles. The summed E-state index contributed by atoms with van der Waals surface area (Å²) >= 11 is 1.58. The highest BCUT2D eigenvalue weighted by Crippen LogP contribution is 2.38. The molecule has 0 unspecified atom stereocenters. The summed E-state index contributed by atoms with van der Waals surface area (Å²) in [5.74, 6) is 0.0570. The van der Waals surface area contributed by atoms with Gasteiger partial charge >= 0.3 is 0 Å². The van der Waals surface area contributed by atoms with Crippen molar-refractivity contribution in [3.8, 4) is 11.1 Å². The molecule has 1 aliphatic rings. The molecule has 0 spiro atoms. The van der Waals surface area contributed by atoms with Crippen LogP contribution in [0.25, 0.3) is 11.1 Å². The van der Waals surface area contributed by atoms with Gasteiger partial charge in [-0.15, -0.1) is 11.3 Å². The normalized spacial score (nSPS) is 18.2. The molecule has 2 heterocycles. The fourth-order valence-corrected chi connectivity index (χ4v) is 5.16. The molecule has 31 heavy (non-hydrogen) atoms. The number of amides is 2. The third kappa shape index (κ3) is 4.42. The van der Waals surface area contributed by atoms with Crippen LogP contribution < -0.4 is 5.32 Å². The lowest BCUT2D eigenvalue weighted by molar-refractivity contribution is -0.130. The molecule has 1 aromatic heterocycles. The Bertz CT molecular complexity index is 1080. The first-order chi connectivity index (χ1) is 15.0. The molecule has 3 aromatic rings. The zero-order valence-electron chi connectivity index (χ0n) is 18.1. The van der Waals surface area contributed by atoms with Crippen LogP contribution in [-0.4, -0.2) is 36.3 Å². The Morgan fingerprint density at radius 1 is 1.10 bits per heavy atom. The predicted octanol–water partition coefficient (Wildman–Crippen LogP) is 4.93. The maximum Gasteiger partial charge on any atom is 0.254 e. The van der Waals surface area contributed by atoms with Crippen molar-refractivity contribution in [3.05, 3.63) is 82.0 Å². The minimum atomic E-state index is -0.623. The molecule has 1 aliphatic heterocycles. The van der Waals surface area contributed by atoms with E-state index in [4.69, 9.17) is 0 Å². The molecular weight excluding hydrogens is 404 g/mol. The van der Waals surface area contributed by atoms with Crippen LogP contribution in [-0.2, 0) is 11.2 Å². The average molecular weight is 433 g/mol. The van der Waals surface area contributed by atoms with Crippen molar-refractivity contribution < 1.29 is 9.59 Å². The van der Waals surface area contributed by atoms with E-state index in [1.807, 2.05) is 60.5 Å². The van der Waals surface area contributed by atoms with E-state index < -0.39 is 5.41 Å². The van der Waals surface area contributed by atoms with Gasteiger partial charge in [-0.3, -0.25) is 9.59 Å². The Morgan fingerprint density at radius 2 is 1.84 bits per heavy atom. The highest BCUT2D eigenvalue weighted by Gasteiger charge is 2.46. The smallest absolute Gasteiger partial charge is 0.254 e. The minimum Gasteiger partial charge on any atom is -0.356 e. The standard InChI is InChI=1S/C26H28N2O2S/c1-3-27-25(30)26(13-14-28(18-26)24(29)22-15-19(2)31-17-22)16-21-11-7-8-12-23(21)20-9-5-4-6-10-20/h4-12,15,17H,3,13-14,16,18H2,1-2H3,(H,27,30)/t26-/m1/s1. The number of nitrogens with zero attached hydrogens (tertiary/aromatic N) is 1. The fourth-order valence-electron chi connectivity index (χ4n) is 4.48. The van der Waals surface area contributed by atoms with E-state index in [2.05, 4.69) is 29.6 Å². The molecule has 0 saturated carbocycles. The summed E-state index contributed by atoms with van der Waals surface area (Å²) in [6, 6.07) is 20.5. The molecule has 4 nitrogen and oxygen atoms in total. The summed E-state index contributed by atoms with van der Waals surface area (Å²) in [5.41, 5.74) is 3.52.